The van der Waals surface area contributed by atoms with Gasteiger partial charge in [-0.05, 0) is 28.4 Å². The zero-order chi connectivity index (χ0) is 13.0. The average Bonchev–Trinajstić information content (AvgIpc) is 2.76. The van der Waals surface area contributed by atoms with Crippen molar-refractivity contribution in [2.75, 3.05) is 6.54 Å². The summed E-state index contributed by atoms with van der Waals surface area (Å²) in [5.41, 5.74) is 0.916. The van der Waals surface area contributed by atoms with Gasteiger partial charge in [-0.3, -0.25) is 4.98 Å². The topological polar surface area (TPSA) is 55.6 Å². The highest BCUT2D eigenvalue weighted by molar-refractivity contribution is 9.10. The minimum Gasteiger partial charge on any atom is -0.311 e. The molecule has 0 bridgehead atoms. The van der Waals surface area contributed by atoms with Crippen molar-refractivity contribution in [2.24, 2.45) is 5.92 Å². The van der Waals surface area contributed by atoms with E-state index >= 15 is 0 Å². The Hall–Kier alpha value is -1.27. The second-order valence-electron chi connectivity index (χ2n) is 4.50. The molecule has 0 amide bonds. The van der Waals surface area contributed by atoms with E-state index in [4.69, 9.17) is 0 Å². The van der Waals surface area contributed by atoms with Crippen LogP contribution in [-0.2, 0) is 6.54 Å². The number of hydrogen-bond donors (Lipinski definition) is 1. The van der Waals surface area contributed by atoms with Gasteiger partial charge in [0, 0.05) is 18.9 Å². The summed E-state index contributed by atoms with van der Waals surface area (Å²) in [6.07, 6.45) is 7.06. The number of halogens is 1. The maximum absolute atomic E-state index is 4.51. The van der Waals surface area contributed by atoms with Crippen LogP contribution in [0.1, 0.15) is 19.5 Å². The van der Waals surface area contributed by atoms with Crippen molar-refractivity contribution in [1.82, 2.24) is 25.1 Å². The number of aromatic nitrogens is 4. The summed E-state index contributed by atoms with van der Waals surface area (Å²) >= 11 is 3.36. The monoisotopic (exact) mass is 309 g/mol. The fraction of sp³-hybridized carbons (Fsp3) is 0.417. The number of nitrogens with zero attached hydrogens (tertiary/aromatic N) is 4. The fourth-order valence-electron chi connectivity index (χ4n) is 1.51. The molecule has 96 valence electrons. The van der Waals surface area contributed by atoms with Gasteiger partial charge in [-0.15, -0.1) is 0 Å². The summed E-state index contributed by atoms with van der Waals surface area (Å²) in [4.78, 5) is 8.70. The van der Waals surface area contributed by atoms with Crippen molar-refractivity contribution in [1.29, 1.82) is 0 Å². The molecule has 1 N–H and O–H groups in total. The zero-order valence-electron chi connectivity index (χ0n) is 10.5. The molecule has 0 aliphatic heterocycles. The Morgan fingerprint density at radius 1 is 1.33 bits per heavy atom. The maximum atomic E-state index is 4.51. The molecule has 0 aliphatic rings. The van der Waals surface area contributed by atoms with Gasteiger partial charge >= 0.3 is 0 Å². The average molecular weight is 310 g/mol. The van der Waals surface area contributed by atoms with Gasteiger partial charge in [-0.1, -0.05) is 13.8 Å². The predicted octanol–water partition coefficient (Wildman–Crippen LogP) is 2.17. The number of hydrogen-bond acceptors (Lipinski definition) is 4. The van der Waals surface area contributed by atoms with Crippen molar-refractivity contribution in [3.63, 3.8) is 0 Å². The molecule has 0 saturated carbocycles. The van der Waals surface area contributed by atoms with Crippen LogP contribution in [0.5, 0.6) is 0 Å². The van der Waals surface area contributed by atoms with Crippen LogP contribution in [-0.4, -0.2) is 26.3 Å². The summed E-state index contributed by atoms with van der Waals surface area (Å²) in [7, 11) is 0. The van der Waals surface area contributed by atoms with E-state index in [1.807, 2.05) is 6.20 Å². The smallest absolute Gasteiger partial charge is 0.172 e. The molecule has 18 heavy (non-hydrogen) atoms. The van der Waals surface area contributed by atoms with Crippen molar-refractivity contribution in [2.45, 2.75) is 20.4 Å². The first-order valence-corrected chi connectivity index (χ1v) is 6.66. The first-order valence-electron chi connectivity index (χ1n) is 5.87. The minimum atomic E-state index is 0.628. The molecular formula is C12H16BrN5. The minimum absolute atomic E-state index is 0.628. The SMILES string of the molecule is CC(C)CNCc1cncc(-n2cc(Br)cn2)n1. The van der Waals surface area contributed by atoms with Gasteiger partial charge in [0.05, 0.1) is 22.6 Å². The van der Waals surface area contributed by atoms with Gasteiger partial charge in [0.1, 0.15) is 0 Å². The second-order valence-corrected chi connectivity index (χ2v) is 5.41. The first-order chi connectivity index (χ1) is 8.65. The Kier molecular flexibility index (Phi) is 4.43. The molecule has 2 aromatic rings. The molecule has 2 rings (SSSR count). The fourth-order valence-corrected chi connectivity index (χ4v) is 1.79. The third kappa shape index (κ3) is 3.61. The van der Waals surface area contributed by atoms with Crippen molar-refractivity contribution < 1.29 is 0 Å². The highest BCUT2D eigenvalue weighted by atomic mass is 79.9. The molecule has 0 saturated heterocycles. The highest BCUT2D eigenvalue weighted by Gasteiger charge is 2.03. The van der Waals surface area contributed by atoms with Crippen molar-refractivity contribution in [3.05, 3.63) is 35.0 Å². The zero-order valence-corrected chi connectivity index (χ0v) is 12.1. The molecule has 0 aromatic carbocycles. The summed E-state index contributed by atoms with van der Waals surface area (Å²) in [5.74, 6) is 1.35. The lowest BCUT2D eigenvalue weighted by molar-refractivity contribution is 0.547. The molecule has 0 fully saturated rings. The lowest BCUT2D eigenvalue weighted by atomic mass is 10.2. The summed E-state index contributed by atoms with van der Waals surface area (Å²) in [5, 5.41) is 7.53. The van der Waals surface area contributed by atoms with E-state index in [0.29, 0.717) is 5.92 Å². The summed E-state index contributed by atoms with van der Waals surface area (Å²) in [6.45, 7) is 6.05. The van der Waals surface area contributed by atoms with Crippen LogP contribution in [0, 0.1) is 5.92 Å². The third-order valence-electron chi connectivity index (χ3n) is 2.32. The van der Waals surface area contributed by atoms with Crippen molar-refractivity contribution >= 4 is 15.9 Å². The van der Waals surface area contributed by atoms with E-state index < -0.39 is 0 Å². The van der Waals surface area contributed by atoms with E-state index in [1.165, 1.54) is 0 Å². The van der Waals surface area contributed by atoms with Crippen molar-refractivity contribution in [3.8, 4) is 5.82 Å². The molecule has 0 aliphatic carbocycles. The number of nitrogens with one attached hydrogen (secondary N) is 1. The van der Waals surface area contributed by atoms with Gasteiger partial charge in [0.2, 0.25) is 0 Å². The molecule has 0 atom stereocenters. The molecule has 2 aromatic heterocycles. The van der Waals surface area contributed by atoms with Crippen LogP contribution in [0.2, 0.25) is 0 Å². The van der Waals surface area contributed by atoms with Crippen LogP contribution in [0.4, 0.5) is 0 Å². The number of rotatable bonds is 5. The van der Waals surface area contributed by atoms with Crippen LogP contribution in [0.25, 0.3) is 5.82 Å². The summed E-state index contributed by atoms with van der Waals surface area (Å²) in [6, 6.07) is 0. The molecule has 0 spiro atoms. The largest absolute Gasteiger partial charge is 0.311 e. The Balaban J connectivity index is 2.05. The Morgan fingerprint density at radius 2 is 2.17 bits per heavy atom. The standard InChI is InChI=1S/C12H16BrN5/c1-9(2)3-14-5-11-6-15-7-12(17-11)18-8-10(13)4-16-18/h4,6-9,14H,3,5H2,1-2H3. The van der Waals surface area contributed by atoms with E-state index in [0.717, 1.165) is 29.1 Å². The van der Waals surface area contributed by atoms with Gasteiger partial charge in [-0.25, -0.2) is 9.67 Å². The Morgan fingerprint density at radius 3 is 2.83 bits per heavy atom. The predicted molar refractivity (Wildman–Crippen MR) is 73.4 cm³/mol. The van der Waals surface area contributed by atoms with Crippen LogP contribution in [0.15, 0.2) is 29.3 Å². The van der Waals surface area contributed by atoms with Crippen LogP contribution >= 0.6 is 15.9 Å². The van der Waals surface area contributed by atoms with E-state index in [-0.39, 0.29) is 0 Å². The summed E-state index contributed by atoms with van der Waals surface area (Å²) < 4.78 is 2.62. The molecule has 5 nitrogen and oxygen atoms in total. The van der Waals surface area contributed by atoms with Crippen LogP contribution in [0.3, 0.4) is 0 Å². The van der Waals surface area contributed by atoms with Gasteiger partial charge in [0.25, 0.3) is 0 Å². The van der Waals surface area contributed by atoms with Gasteiger partial charge < -0.3 is 5.32 Å². The molecule has 6 heteroatoms. The van der Waals surface area contributed by atoms with E-state index in [9.17, 15) is 0 Å². The first kappa shape index (κ1) is 13.2. The molecule has 2 heterocycles. The lowest BCUT2D eigenvalue weighted by Crippen LogP contribution is -2.20. The lowest BCUT2D eigenvalue weighted by Gasteiger charge is -2.07. The van der Waals surface area contributed by atoms with E-state index in [1.54, 1.807) is 23.3 Å². The quantitative estimate of drug-likeness (QED) is 0.919. The Bertz CT molecular complexity index is 509. The third-order valence-corrected chi connectivity index (χ3v) is 2.73. The molecular weight excluding hydrogens is 294 g/mol. The van der Waals surface area contributed by atoms with Gasteiger partial charge in [0.15, 0.2) is 5.82 Å². The second kappa shape index (κ2) is 6.06. The normalized spacial score (nSPS) is 11.1. The van der Waals surface area contributed by atoms with Crippen LogP contribution < -0.4 is 5.32 Å². The van der Waals surface area contributed by atoms with Gasteiger partial charge in [-0.2, -0.15) is 5.10 Å². The highest BCUT2D eigenvalue weighted by Crippen LogP contribution is 2.10. The van der Waals surface area contributed by atoms with E-state index in [2.05, 4.69) is 50.2 Å². The Labute approximate surface area is 115 Å². The maximum Gasteiger partial charge on any atom is 0.172 e. The molecule has 0 unspecified atom stereocenters. The molecule has 0 radical (unpaired) electrons.